The molecule has 1 aliphatic heterocycles. The summed E-state index contributed by atoms with van der Waals surface area (Å²) in [6.45, 7) is 1.11. The Kier molecular flexibility index (Phi) is 7.65. The Balaban J connectivity index is 2.35. The van der Waals surface area contributed by atoms with Gasteiger partial charge in [-0.05, 0) is 0 Å². The number of hydrogen-bond donors (Lipinski definition) is 1. The van der Waals surface area contributed by atoms with E-state index in [4.69, 9.17) is 19.3 Å². The van der Waals surface area contributed by atoms with Crippen molar-refractivity contribution in [3.8, 4) is 0 Å². The molecule has 1 fully saturated rings. The minimum Gasteiger partial charge on any atom is -0.450 e. The van der Waals surface area contributed by atoms with E-state index in [0.717, 1.165) is 4.90 Å². The van der Waals surface area contributed by atoms with Crippen molar-refractivity contribution in [2.24, 2.45) is 0 Å². The van der Waals surface area contributed by atoms with Gasteiger partial charge in [-0.25, -0.2) is 9.69 Å². The van der Waals surface area contributed by atoms with E-state index < -0.39 is 24.2 Å². The van der Waals surface area contributed by atoms with Crippen LogP contribution in [0.3, 0.4) is 0 Å². The molecule has 0 bridgehead atoms. The Morgan fingerprint density at radius 3 is 2.29 bits per heavy atom. The number of carboxylic acid groups (broad SMARTS) is 1. The van der Waals surface area contributed by atoms with Crippen LogP contribution in [0.2, 0.25) is 0 Å². The molecule has 0 saturated carbocycles. The van der Waals surface area contributed by atoms with E-state index in [0.29, 0.717) is 13.2 Å². The Labute approximate surface area is 121 Å². The minimum atomic E-state index is -1.58. The van der Waals surface area contributed by atoms with Crippen LogP contribution < -0.4 is 0 Å². The first kappa shape index (κ1) is 17.3. The summed E-state index contributed by atoms with van der Waals surface area (Å²) < 4.78 is 19.7. The highest BCUT2D eigenvalue weighted by Crippen LogP contribution is 2.16. The zero-order chi connectivity index (χ0) is 15.7. The first-order chi connectivity index (χ1) is 10.1. The van der Waals surface area contributed by atoms with Gasteiger partial charge in [0, 0.05) is 20.0 Å². The normalized spacial score (nSPS) is 16.3. The molecule has 0 aliphatic carbocycles. The van der Waals surface area contributed by atoms with Crippen LogP contribution in [-0.2, 0) is 28.5 Å². The SMILES string of the molecule is COCCOCCOCC(OC(=O)O)N1C(=O)CCC1=O. The lowest BCUT2D eigenvalue weighted by atomic mass is 10.4. The average molecular weight is 305 g/mol. The predicted octanol–water partition coefficient (Wildman–Crippen LogP) is -0.164. The molecule has 0 radical (unpaired) electrons. The van der Waals surface area contributed by atoms with Crippen molar-refractivity contribution >= 4 is 18.0 Å². The van der Waals surface area contributed by atoms with E-state index >= 15 is 0 Å². The Morgan fingerprint density at radius 1 is 1.14 bits per heavy atom. The summed E-state index contributed by atoms with van der Waals surface area (Å²) in [5, 5.41) is 8.65. The Hall–Kier alpha value is -1.71. The van der Waals surface area contributed by atoms with Crippen molar-refractivity contribution in [2.75, 3.05) is 40.1 Å². The van der Waals surface area contributed by atoms with Crippen LogP contribution >= 0.6 is 0 Å². The molecular formula is C12H19NO8. The van der Waals surface area contributed by atoms with Crippen LogP contribution in [0.1, 0.15) is 12.8 Å². The molecule has 1 N–H and O–H groups in total. The van der Waals surface area contributed by atoms with Gasteiger partial charge in [0.25, 0.3) is 0 Å². The van der Waals surface area contributed by atoms with E-state index in [1.807, 2.05) is 0 Å². The predicted molar refractivity (Wildman–Crippen MR) is 67.5 cm³/mol. The molecule has 0 aromatic rings. The molecule has 2 amide bonds. The van der Waals surface area contributed by atoms with Crippen molar-refractivity contribution in [3.05, 3.63) is 0 Å². The molecule has 120 valence electrons. The van der Waals surface area contributed by atoms with E-state index in [1.165, 1.54) is 0 Å². The highest BCUT2D eigenvalue weighted by Gasteiger charge is 2.37. The molecule has 1 saturated heterocycles. The number of amides is 2. The van der Waals surface area contributed by atoms with Crippen LogP contribution in [0.25, 0.3) is 0 Å². The molecule has 9 nitrogen and oxygen atoms in total. The first-order valence-corrected chi connectivity index (χ1v) is 6.45. The van der Waals surface area contributed by atoms with Gasteiger partial charge in [-0.15, -0.1) is 0 Å². The summed E-state index contributed by atoms with van der Waals surface area (Å²) in [6.07, 6.45) is -2.73. The second-order valence-electron chi connectivity index (χ2n) is 4.18. The smallest absolute Gasteiger partial charge is 0.450 e. The topological polar surface area (TPSA) is 112 Å². The van der Waals surface area contributed by atoms with Crippen molar-refractivity contribution in [1.82, 2.24) is 4.90 Å². The number of nitrogens with zero attached hydrogens (tertiary/aromatic N) is 1. The lowest BCUT2D eigenvalue weighted by Crippen LogP contribution is -2.45. The summed E-state index contributed by atoms with van der Waals surface area (Å²) in [7, 11) is 1.55. The summed E-state index contributed by atoms with van der Waals surface area (Å²) in [6, 6.07) is 0. The van der Waals surface area contributed by atoms with Gasteiger partial charge in [0.2, 0.25) is 18.0 Å². The van der Waals surface area contributed by atoms with Gasteiger partial charge in [0.05, 0.1) is 26.4 Å². The second kappa shape index (κ2) is 9.27. The monoisotopic (exact) mass is 305 g/mol. The van der Waals surface area contributed by atoms with Gasteiger partial charge >= 0.3 is 6.16 Å². The summed E-state index contributed by atoms with van der Waals surface area (Å²) >= 11 is 0. The number of methoxy groups -OCH3 is 1. The van der Waals surface area contributed by atoms with Gasteiger partial charge < -0.3 is 24.1 Å². The summed E-state index contributed by atoms with van der Waals surface area (Å²) in [5.74, 6) is -0.933. The number of hydrogen-bond acceptors (Lipinski definition) is 7. The number of imide groups is 1. The minimum absolute atomic E-state index is 0.0540. The maximum absolute atomic E-state index is 11.6. The fraction of sp³-hybridized carbons (Fsp3) is 0.750. The molecular weight excluding hydrogens is 286 g/mol. The van der Waals surface area contributed by atoms with Crippen LogP contribution in [0.4, 0.5) is 4.79 Å². The van der Waals surface area contributed by atoms with E-state index in [1.54, 1.807) is 7.11 Å². The van der Waals surface area contributed by atoms with Crippen LogP contribution in [0.15, 0.2) is 0 Å². The van der Waals surface area contributed by atoms with E-state index in [2.05, 4.69) is 4.74 Å². The zero-order valence-electron chi connectivity index (χ0n) is 11.8. The third-order valence-electron chi connectivity index (χ3n) is 2.68. The van der Waals surface area contributed by atoms with Crippen molar-refractivity contribution < 1.29 is 38.4 Å². The fourth-order valence-electron chi connectivity index (χ4n) is 1.74. The molecule has 1 rings (SSSR count). The Bertz CT molecular complexity index is 356. The lowest BCUT2D eigenvalue weighted by molar-refractivity contribution is -0.155. The average Bonchev–Trinajstić information content (AvgIpc) is 2.75. The van der Waals surface area contributed by atoms with Gasteiger partial charge in [0.15, 0.2) is 0 Å². The number of carbonyl (C=O) groups excluding carboxylic acids is 2. The highest BCUT2D eigenvalue weighted by molar-refractivity contribution is 6.02. The quantitative estimate of drug-likeness (QED) is 0.336. The molecule has 0 aromatic heterocycles. The number of rotatable bonds is 10. The molecule has 1 unspecified atom stereocenters. The molecule has 1 heterocycles. The number of ether oxygens (including phenoxy) is 4. The molecule has 1 atom stereocenters. The van der Waals surface area contributed by atoms with E-state index in [9.17, 15) is 14.4 Å². The van der Waals surface area contributed by atoms with Gasteiger partial charge in [0.1, 0.15) is 6.61 Å². The maximum Gasteiger partial charge on any atom is 0.507 e. The van der Waals surface area contributed by atoms with Crippen LogP contribution in [0, 0.1) is 0 Å². The zero-order valence-corrected chi connectivity index (χ0v) is 11.8. The molecule has 0 aromatic carbocycles. The molecule has 21 heavy (non-hydrogen) atoms. The van der Waals surface area contributed by atoms with Crippen LogP contribution in [0.5, 0.6) is 0 Å². The van der Waals surface area contributed by atoms with E-state index in [-0.39, 0.29) is 32.7 Å². The molecule has 1 aliphatic rings. The third-order valence-corrected chi connectivity index (χ3v) is 2.68. The maximum atomic E-state index is 11.6. The fourth-order valence-corrected chi connectivity index (χ4v) is 1.74. The molecule has 0 spiro atoms. The lowest BCUT2D eigenvalue weighted by Gasteiger charge is -2.24. The molecule has 9 heteroatoms. The summed E-state index contributed by atoms with van der Waals surface area (Å²) in [4.78, 5) is 34.5. The van der Waals surface area contributed by atoms with Crippen molar-refractivity contribution in [3.63, 3.8) is 0 Å². The standard InChI is InChI=1S/C12H19NO8/c1-18-4-5-19-6-7-20-8-11(21-12(16)17)13-9(14)2-3-10(13)15/h11H,2-8H2,1H3,(H,16,17). The summed E-state index contributed by atoms with van der Waals surface area (Å²) in [5.41, 5.74) is 0. The number of likely N-dealkylation sites (tertiary alicyclic amines) is 1. The first-order valence-electron chi connectivity index (χ1n) is 6.45. The van der Waals surface area contributed by atoms with Crippen molar-refractivity contribution in [2.45, 2.75) is 19.1 Å². The van der Waals surface area contributed by atoms with Gasteiger partial charge in [-0.3, -0.25) is 9.59 Å². The van der Waals surface area contributed by atoms with Crippen LogP contribution in [-0.4, -0.2) is 74.3 Å². The number of carbonyl (C=O) groups is 3. The van der Waals surface area contributed by atoms with Gasteiger partial charge in [-0.1, -0.05) is 0 Å². The third kappa shape index (κ3) is 6.06. The van der Waals surface area contributed by atoms with Crippen molar-refractivity contribution in [1.29, 1.82) is 0 Å². The Morgan fingerprint density at radius 2 is 1.71 bits per heavy atom. The largest absolute Gasteiger partial charge is 0.507 e. The highest BCUT2D eigenvalue weighted by atomic mass is 16.7. The van der Waals surface area contributed by atoms with Gasteiger partial charge in [-0.2, -0.15) is 0 Å². The second-order valence-corrected chi connectivity index (χ2v) is 4.18.